The minimum Gasteiger partial charge on any atom is -0.381 e. The number of methoxy groups -OCH3 is 1. The summed E-state index contributed by atoms with van der Waals surface area (Å²) in [5.74, 6) is 1.93. The normalized spacial score (nSPS) is 19.2. The Morgan fingerprint density at radius 3 is 2.21 bits per heavy atom. The number of hydrogen-bond donors (Lipinski definition) is 0. The van der Waals surface area contributed by atoms with Crippen molar-refractivity contribution in [2.75, 3.05) is 13.7 Å². The van der Waals surface area contributed by atoms with Gasteiger partial charge < -0.3 is 4.74 Å². The van der Waals surface area contributed by atoms with Crippen molar-refractivity contribution in [1.82, 2.24) is 0 Å². The lowest BCUT2D eigenvalue weighted by molar-refractivity contribution is 0.233. The fourth-order valence-corrected chi connectivity index (χ4v) is 3.65. The number of benzene rings is 2. The van der Waals surface area contributed by atoms with E-state index in [9.17, 15) is 17.6 Å². The zero-order valence-electron chi connectivity index (χ0n) is 16.2. The highest BCUT2D eigenvalue weighted by Gasteiger charge is 2.23. The fraction of sp³-hybridized carbons (Fsp3) is 0.333. The second kappa shape index (κ2) is 9.76. The number of halogens is 4. The van der Waals surface area contributed by atoms with Crippen molar-refractivity contribution >= 4 is 0 Å². The lowest BCUT2D eigenvalue weighted by atomic mass is 9.78. The summed E-state index contributed by atoms with van der Waals surface area (Å²) in [6.07, 6.45) is 7.81. The van der Waals surface area contributed by atoms with E-state index in [0.717, 1.165) is 37.8 Å². The zero-order chi connectivity index (χ0) is 20.8. The number of allylic oxidation sites excluding steroid dienone is 1. The van der Waals surface area contributed by atoms with E-state index in [1.807, 2.05) is 6.08 Å². The van der Waals surface area contributed by atoms with Crippen molar-refractivity contribution in [1.29, 1.82) is 0 Å². The van der Waals surface area contributed by atoms with E-state index in [0.29, 0.717) is 18.1 Å². The molecule has 2 aromatic rings. The van der Waals surface area contributed by atoms with Gasteiger partial charge in [0.15, 0.2) is 11.6 Å². The fourth-order valence-electron chi connectivity index (χ4n) is 3.65. The Morgan fingerprint density at radius 1 is 0.897 bits per heavy atom. The van der Waals surface area contributed by atoms with Gasteiger partial charge in [0.05, 0.1) is 12.2 Å². The summed E-state index contributed by atoms with van der Waals surface area (Å²) < 4.78 is 60.2. The Balaban J connectivity index is 1.72. The molecule has 0 heterocycles. The lowest BCUT2D eigenvalue weighted by Crippen LogP contribution is -2.12. The monoisotopic (exact) mass is 402 g/mol. The van der Waals surface area contributed by atoms with Crippen LogP contribution in [0, 0.1) is 41.0 Å². The standard InChI is InChI=1S/C24H22F4O/c1-29-12-2-3-16-4-8-18(9-5-16)19-14-22(26)20(23(27)15-19)10-6-17-7-11-21(25)24(28)13-17/h2-3,7,11,13-16,18H,4-5,8-9,12H2,1H3/b3-2+. The van der Waals surface area contributed by atoms with Crippen LogP contribution in [-0.2, 0) is 4.74 Å². The molecule has 1 aliphatic rings. The molecule has 0 atom stereocenters. The summed E-state index contributed by atoms with van der Waals surface area (Å²) in [5.41, 5.74) is 0.416. The maximum Gasteiger partial charge on any atom is 0.160 e. The summed E-state index contributed by atoms with van der Waals surface area (Å²) in [6, 6.07) is 5.76. The molecule has 1 nitrogen and oxygen atoms in total. The zero-order valence-corrected chi connectivity index (χ0v) is 16.2. The molecule has 0 aromatic heterocycles. The van der Waals surface area contributed by atoms with E-state index >= 15 is 0 Å². The van der Waals surface area contributed by atoms with Crippen LogP contribution in [0.4, 0.5) is 17.6 Å². The first kappa shape index (κ1) is 21.1. The molecule has 0 unspecified atom stereocenters. The first-order valence-electron chi connectivity index (χ1n) is 9.59. The number of ether oxygens (including phenoxy) is 1. The summed E-state index contributed by atoms with van der Waals surface area (Å²) in [5, 5.41) is 0. The molecule has 1 aliphatic carbocycles. The van der Waals surface area contributed by atoms with Crippen LogP contribution in [0.25, 0.3) is 0 Å². The largest absolute Gasteiger partial charge is 0.381 e. The van der Waals surface area contributed by atoms with E-state index in [1.54, 1.807) is 7.11 Å². The highest BCUT2D eigenvalue weighted by atomic mass is 19.2. The second-order valence-corrected chi connectivity index (χ2v) is 7.23. The molecular formula is C24H22F4O. The van der Waals surface area contributed by atoms with Gasteiger partial charge in [-0.15, -0.1) is 0 Å². The van der Waals surface area contributed by atoms with E-state index < -0.39 is 23.3 Å². The summed E-state index contributed by atoms with van der Waals surface area (Å²) in [4.78, 5) is 0. The minimum absolute atomic E-state index is 0.110. The van der Waals surface area contributed by atoms with Crippen LogP contribution in [0.15, 0.2) is 42.5 Å². The van der Waals surface area contributed by atoms with Crippen LogP contribution in [0.3, 0.4) is 0 Å². The first-order chi connectivity index (χ1) is 14.0. The SMILES string of the molecule is COC/C=C/C1CCC(c2cc(F)c(C#Cc3ccc(F)c(F)c3)c(F)c2)CC1. The minimum atomic E-state index is -1.05. The van der Waals surface area contributed by atoms with Crippen molar-refractivity contribution in [3.8, 4) is 11.8 Å². The maximum atomic E-state index is 14.5. The molecule has 0 spiro atoms. The van der Waals surface area contributed by atoms with Crippen molar-refractivity contribution in [2.45, 2.75) is 31.6 Å². The van der Waals surface area contributed by atoms with E-state index in [2.05, 4.69) is 17.9 Å². The third-order valence-electron chi connectivity index (χ3n) is 5.23. The molecule has 29 heavy (non-hydrogen) atoms. The van der Waals surface area contributed by atoms with Crippen LogP contribution in [0.2, 0.25) is 0 Å². The van der Waals surface area contributed by atoms with Gasteiger partial charge in [-0.1, -0.05) is 24.0 Å². The van der Waals surface area contributed by atoms with Crippen molar-refractivity contribution in [3.05, 3.63) is 82.4 Å². The Hall–Kier alpha value is -2.58. The molecule has 0 N–H and O–H groups in total. The van der Waals surface area contributed by atoms with Crippen molar-refractivity contribution < 1.29 is 22.3 Å². The maximum absolute atomic E-state index is 14.5. The Bertz CT molecular complexity index is 924. The Labute approximate surface area is 168 Å². The lowest BCUT2D eigenvalue weighted by Gasteiger charge is -2.27. The predicted molar refractivity (Wildman–Crippen MR) is 104 cm³/mol. The van der Waals surface area contributed by atoms with E-state index in [1.165, 1.54) is 18.2 Å². The van der Waals surface area contributed by atoms with Gasteiger partial charge in [0.2, 0.25) is 0 Å². The number of rotatable bonds is 4. The molecule has 152 valence electrons. The third kappa shape index (κ3) is 5.48. The molecule has 1 saturated carbocycles. The highest BCUT2D eigenvalue weighted by molar-refractivity contribution is 5.45. The van der Waals surface area contributed by atoms with Gasteiger partial charge in [-0.25, -0.2) is 17.6 Å². The van der Waals surface area contributed by atoms with Gasteiger partial charge >= 0.3 is 0 Å². The molecule has 3 rings (SSSR count). The number of hydrogen-bond acceptors (Lipinski definition) is 1. The quantitative estimate of drug-likeness (QED) is 0.340. The predicted octanol–water partition coefficient (Wildman–Crippen LogP) is 6.12. The van der Waals surface area contributed by atoms with E-state index in [4.69, 9.17) is 4.74 Å². The van der Waals surface area contributed by atoms with Gasteiger partial charge in [-0.2, -0.15) is 0 Å². The topological polar surface area (TPSA) is 9.23 Å². The molecule has 1 fully saturated rings. The molecule has 0 aliphatic heterocycles. The van der Waals surface area contributed by atoms with Gasteiger partial charge in [0.25, 0.3) is 0 Å². The average Bonchev–Trinajstić information content (AvgIpc) is 2.70. The summed E-state index contributed by atoms with van der Waals surface area (Å²) in [6.45, 7) is 0.587. The summed E-state index contributed by atoms with van der Waals surface area (Å²) in [7, 11) is 1.65. The third-order valence-corrected chi connectivity index (χ3v) is 5.23. The highest BCUT2D eigenvalue weighted by Crippen LogP contribution is 2.37. The van der Waals surface area contributed by atoms with Crippen LogP contribution in [0.5, 0.6) is 0 Å². The van der Waals surface area contributed by atoms with E-state index in [-0.39, 0.29) is 17.0 Å². The summed E-state index contributed by atoms with van der Waals surface area (Å²) >= 11 is 0. The van der Waals surface area contributed by atoms with Crippen molar-refractivity contribution in [3.63, 3.8) is 0 Å². The van der Waals surface area contributed by atoms with Crippen LogP contribution >= 0.6 is 0 Å². The molecule has 2 aromatic carbocycles. The Morgan fingerprint density at radius 2 is 1.59 bits per heavy atom. The smallest absolute Gasteiger partial charge is 0.160 e. The molecule has 0 saturated heterocycles. The molecular weight excluding hydrogens is 380 g/mol. The van der Waals surface area contributed by atoms with Crippen LogP contribution < -0.4 is 0 Å². The van der Waals surface area contributed by atoms with Crippen LogP contribution in [0.1, 0.15) is 48.3 Å². The van der Waals surface area contributed by atoms with Gasteiger partial charge in [0, 0.05) is 12.7 Å². The van der Waals surface area contributed by atoms with Gasteiger partial charge in [-0.05, 0) is 73.4 Å². The van der Waals surface area contributed by atoms with Gasteiger partial charge in [-0.3, -0.25) is 0 Å². The van der Waals surface area contributed by atoms with Gasteiger partial charge in [0.1, 0.15) is 11.6 Å². The molecule has 0 amide bonds. The molecule has 5 heteroatoms. The van der Waals surface area contributed by atoms with Crippen LogP contribution in [-0.4, -0.2) is 13.7 Å². The van der Waals surface area contributed by atoms with Crippen molar-refractivity contribution in [2.24, 2.45) is 5.92 Å². The average molecular weight is 402 g/mol. The molecule has 0 bridgehead atoms. The Kier molecular flexibility index (Phi) is 7.11. The second-order valence-electron chi connectivity index (χ2n) is 7.23. The first-order valence-corrected chi connectivity index (χ1v) is 9.59. The molecule has 0 radical (unpaired) electrons.